The summed E-state index contributed by atoms with van der Waals surface area (Å²) in [6.07, 6.45) is -2.73. The third-order valence-corrected chi connectivity index (χ3v) is 3.38. The predicted molar refractivity (Wildman–Crippen MR) is 66.3 cm³/mol. The zero-order valence-corrected chi connectivity index (χ0v) is 10.8. The van der Waals surface area contributed by atoms with Crippen molar-refractivity contribution < 1.29 is 18.3 Å². The maximum absolute atomic E-state index is 13.4. The third kappa shape index (κ3) is 3.13. The lowest BCUT2D eigenvalue weighted by Crippen LogP contribution is -2.46. The molecular formula is C12H14ClF3N2O. The van der Waals surface area contributed by atoms with E-state index in [9.17, 15) is 18.3 Å². The number of phenols is 1. The summed E-state index contributed by atoms with van der Waals surface area (Å²) in [6.45, 7) is 1.96. The third-order valence-electron chi connectivity index (χ3n) is 3.16. The standard InChI is InChI=1S/C12H14ClF3N2O/c13-7-5-8(11(19)9(14)6-7)10(12(15)16)18-3-1-17-2-4-18/h5-6,10,12,17,19H,1-4H2/t10-/m0/s1. The van der Waals surface area contributed by atoms with E-state index in [0.29, 0.717) is 26.2 Å². The molecule has 1 saturated heterocycles. The molecule has 7 heteroatoms. The topological polar surface area (TPSA) is 35.5 Å². The van der Waals surface area contributed by atoms with Crippen LogP contribution in [0.4, 0.5) is 13.2 Å². The quantitative estimate of drug-likeness (QED) is 0.898. The number of piperazine rings is 1. The van der Waals surface area contributed by atoms with Gasteiger partial charge in [0.2, 0.25) is 0 Å². The number of nitrogens with zero attached hydrogens (tertiary/aromatic N) is 1. The number of halogens is 4. The highest BCUT2D eigenvalue weighted by atomic mass is 35.5. The number of nitrogens with one attached hydrogen (secondary N) is 1. The van der Waals surface area contributed by atoms with Crippen LogP contribution in [0.25, 0.3) is 0 Å². The van der Waals surface area contributed by atoms with Crippen LogP contribution in [-0.4, -0.2) is 42.6 Å². The van der Waals surface area contributed by atoms with E-state index >= 15 is 0 Å². The van der Waals surface area contributed by atoms with Crippen LogP contribution < -0.4 is 5.32 Å². The first kappa shape index (κ1) is 14.4. The SMILES string of the molecule is Oc1c(F)cc(Cl)cc1[C@@H](C(F)F)N1CCNCC1. The lowest BCUT2D eigenvalue weighted by atomic mass is 10.0. The summed E-state index contributed by atoms with van der Waals surface area (Å²) in [5, 5.41) is 12.7. The smallest absolute Gasteiger partial charge is 0.258 e. The summed E-state index contributed by atoms with van der Waals surface area (Å²) in [6, 6.07) is 0.745. The number of aromatic hydroxyl groups is 1. The van der Waals surface area contributed by atoms with Crippen LogP contribution >= 0.6 is 11.6 Å². The Hall–Kier alpha value is -0.980. The Morgan fingerprint density at radius 3 is 2.47 bits per heavy atom. The first-order valence-corrected chi connectivity index (χ1v) is 6.29. The molecule has 0 amide bonds. The number of benzene rings is 1. The average Bonchev–Trinajstić information content (AvgIpc) is 2.36. The zero-order chi connectivity index (χ0) is 14.0. The van der Waals surface area contributed by atoms with Gasteiger partial charge in [-0.15, -0.1) is 0 Å². The van der Waals surface area contributed by atoms with Gasteiger partial charge in [-0.3, -0.25) is 4.90 Å². The molecule has 1 heterocycles. The normalized spacial score (nSPS) is 18.8. The average molecular weight is 295 g/mol. The van der Waals surface area contributed by atoms with Crippen molar-refractivity contribution in [3.8, 4) is 5.75 Å². The van der Waals surface area contributed by atoms with E-state index in [4.69, 9.17) is 11.6 Å². The van der Waals surface area contributed by atoms with Gasteiger partial charge in [0.15, 0.2) is 11.6 Å². The fourth-order valence-corrected chi connectivity index (χ4v) is 2.48. The summed E-state index contributed by atoms with van der Waals surface area (Å²) < 4.78 is 40.0. The Labute approximate surface area is 114 Å². The Morgan fingerprint density at radius 2 is 1.89 bits per heavy atom. The molecule has 0 spiro atoms. The summed E-state index contributed by atoms with van der Waals surface area (Å²) in [4.78, 5) is 1.52. The van der Waals surface area contributed by atoms with E-state index in [1.165, 1.54) is 11.0 Å². The van der Waals surface area contributed by atoms with Crippen molar-refractivity contribution in [2.45, 2.75) is 12.5 Å². The molecule has 0 saturated carbocycles. The van der Waals surface area contributed by atoms with Crippen LogP contribution in [0.2, 0.25) is 5.02 Å². The Bertz CT molecular complexity index is 453. The molecular weight excluding hydrogens is 281 g/mol. The monoisotopic (exact) mass is 294 g/mol. The highest BCUT2D eigenvalue weighted by molar-refractivity contribution is 6.30. The summed E-state index contributed by atoms with van der Waals surface area (Å²) in [7, 11) is 0. The number of alkyl halides is 2. The molecule has 1 aromatic carbocycles. The van der Waals surface area contributed by atoms with Gasteiger partial charge >= 0.3 is 0 Å². The van der Waals surface area contributed by atoms with Gasteiger partial charge in [-0.05, 0) is 12.1 Å². The molecule has 0 radical (unpaired) electrons. The Morgan fingerprint density at radius 1 is 1.26 bits per heavy atom. The molecule has 19 heavy (non-hydrogen) atoms. The highest BCUT2D eigenvalue weighted by Gasteiger charge is 2.33. The molecule has 1 aromatic rings. The van der Waals surface area contributed by atoms with Crippen molar-refractivity contribution in [3.63, 3.8) is 0 Å². The van der Waals surface area contributed by atoms with Crippen molar-refractivity contribution >= 4 is 11.6 Å². The van der Waals surface area contributed by atoms with E-state index < -0.39 is 24.0 Å². The molecule has 2 rings (SSSR count). The van der Waals surface area contributed by atoms with Crippen LogP contribution in [0.15, 0.2) is 12.1 Å². The van der Waals surface area contributed by atoms with Gasteiger partial charge in [0, 0.05) is 36.8 Å². The molecule has 1 atom stereocenters. The summed E-state index contributed by atoms with van der Waals surface area (Å²) in [5.41, 5.74) is -0.165. The van der Waals surface area contributed by atoms with Gasteiger partial charge in [0.1, 0.15) is 6.04 Å². The fraction of sp³-hybridized carbons (Fsp3) is 0.500. The van der Waals surface area contributed by atoms with E-state index in [1.54, 1.807) is 0 Å². The number of hydrogen-bond acceptors (Lipinski definition) is 3. The van der Waals surface area contributed by atoms with E-state index in [0.717, 1.165) is 6.07 Å². The maximum atomic E-state index is 13.4. The van der Waals surface area contributed by atoms with Gasteiger partial charge in [0.25, 0.3) is 6.43 Å². The van der Waals surface area contributed by atoms with Crippen molar-refractivity contribution in [1.82, 2.24) is 10.2 Å². The largest absolute Gasteiger partial charge is 0.505 e. The molecule has 1 aliphatic rings. The maximum Gasteiger partial charge on any atom is 0.258 e. The first-order valence-electron chi connectivity index (χ1n) is 5.91. The molecule has 0 aliphatic carbocycles. The minimum absolute atomic E-state index is 0.00826. The predicted octanol–water partition coefficient (Wildman–Crippen LogP) is 2.40. The van der Waals surface area contributed by atoms with Crippen LogP contribution in [0, 0.1) is 5.82 Å². The molecule has 0 bridgehead atoms. The van der Waals surface area contributed by atoms with Crippen LogP contribution in [0.3, 0.4) is 0 Å². The lowest BCUT2D eigenvalue weighted by molar-refractivity contribution is 0.0168. The zero-order valence-electron chi connectivity index (χ0n) is 10.0. The molecule has 2 N–H and O–H groups in total. The minimum atomic E-state index is -2.73. The molecule has 0 aromatic heterocycles. The van der Waals surface area contributed by atoms with Gasteiger partial charge < -0.3 is 10.4 Å². The molecule has 3 nitrogen and oxygen atoms in total. The lowest BCUT2D eigenvalue weighted by Gasteiger charge is -2.34. The number of phenolic OH excluding ortho intramolecular Hbond substituents is 1. The minimum Gasteiger partial charge on any atom is -0.505 e. The van der Waals surface area contributed by atoms with Crippen molar-refractivity contribution in [2.75, 3.05) is 26.2 Å². The number of rotatable bonds is 3. The van der Waals surface area contributed by atoms with Crippen LogP contribution in [-0.2, 0) is 0 Å². The molecule has 106 valence electrons. The summed E-state index contributed by atoms with van der Waals surface area (Å²) in [5.74, 6) is -1.74. The summed E-state index contributed by atoms with van der Waals surface area (Å²) >= 11 is 5.68. The van der Waals surface area contributed by atoms with Gasteiger partial charge in [-0.25, -0.2) is 13.2 Å². The van der Waals surface area contributed by atoms with Crippen molar-refractivity contribution in [1.29, 1.82) is 0 Å². The molecule has 1 fully saturated rings. The molecule has 1 aliphatic heterocycles. The Balaban J connectivity index is 2.38. The van der Waals surface area contributed by atoms with Crippen LogP contribution in [0.1, 0.15) is 11.6 Å². The first-order chi connectivity index (χ1) is 9.00. The fourth-order valence-electron chi connectivity index (χ4n) is 2.26. The van der Waals surface area contributed by atoms with Gasteiger partial charge in [-0.1, -0.05) is 11.6 Å². The second-order valence-electron chi connectivity index (χ2n) is 4.39. The van der Waals surface area contributed by atoms with Gasteiger partial charge in [-0.2, -0.15) is 0 Å². The second kappa shape index (κ2) is 5.98. The highest BCUT2D eigenvalue weighted by Crippen LogP contribution is 2.37. The Kier molecular flexibility index (Phi) is 4.54. The van der Waals surface area contributed by atoms with Gasteiger partial charge in [0.05, 0.1) is 0 Å². The van der Waals surface area contributed by atoms with Crippen molar-refractivity contribution in [3.05, 3.63) is 28.5 Å². The molecule has 0 unspecified atom stereocenters. The van der Waals surface area contributed by atoms with Crippen LogP contribution in [0.5, 0.6) is 5.75 Å². The second-order valence-corrected chi connectivity index (χ2v) is 4.83. The van der Waals surface area contributed by atoms with Crippen molar-refractivity contribution in [2.24, 2.45) is 0 Å². The van der Waals surface area contributed by atoms with E-state index in [1.807, 2.05) is 0 Å². The van der Waals surface area contributed by atoms with E-state index in [-0.39, 0.29) is 10.6 Å². The van der Waals surface area contributed by atoms with E-state index in [2.05, 4.69) is 5.32 Å². The number of hydrogen-bond donors (Lipinski definition) is 2.